The first-order valence-corrected chi connectivity index (χ1v) is 11.5. The molecule has 0 saturated heterocycles. The van der Waals surface area contributed by atoms with E-state index in [0.29, 0.717) is 0 Å². The largest absolute Gasteiger partial charge is 0.411 e. The second-order valence-corrected chi connectivity index (χ2v) is 7.95. The molecular formula is C23H47NO. The molecular weight excluding hydrogens is 306 g/mol. The highest BCUT2D eigenvalue weighted by Gasteiger charge is 1.96. The van der Waals surface area contributed by atoms with Crippen molar-refractivity contribution in [1.29, 1.82) is 0 Å². The van der Waals surface area contributed by atoms with Crippen LogP contribution in [-0.2, 0) is 0 Å². The molecule has 0 fully saturated rings. The van der Waals surface area contributed by atoms with E-state index in [1.165, 1.54) is 122 Å². The maximum absolute atomic E-state index is 8.57. The van der Waals surface area contributed by atoms with Crippen molar-refractivity contribution in [2.75, 3.05) is 0 Å². The lowest BCUT2D eigenvalue weighted by Gasteiger charge is -2.04. The van der Waals surface area contributed by atoms with Crippen molar-refractivity contribution >= 4 is 5.71 Å². The van der Waals surface area contributed by atoms with Crippen LogP contribution in [0.1, 0.15) is 142 Å². The maximum Gasteiger partial charge on any atom is 0.0540 e. The average molecular weight is 354 g/mol. The molecule has 1 N–H and O–H groups in total. The fourth-order valence-electron chi connectivity index (χ4n) is 3.51. The van der Waals surface area contributed by atoms with Crippen molar-refractivity contribution < 1.29 is 5.21 Å². The van der Waals surface area contributed by atoms with E-state index in [2.05, 4.69) is 12.1 Å². The Morgan fingerprint density at radius 1 is 0.520 bits per heavy atom. The first-order valence-electron chi connectivity index (χ1n) is 11.5. The SMILES string of the molecule is CCCCCCCCCCCCCCCCCCCCCC(C)=NO. The number of unbranched alkanes of at least 4 members (excludes halogenated alkanes) is 18. The standard InChI is InChI=1S/C23H47NO/c1-3-4-5-6-7-8-9-10-11-12-13-14-15-16-17-18-19-20-21-22-23(2)24-25/h25H,3-22H2,1-2H3. The third-order valence-corrected chi connectivity index (χ3v) is 5.31. The molecule has 0 heterocycles. The van der Waals surface area contributed by atoms with Gasteiger partial charge in [0, 0.05) is 0 Å². The molecule has 0 amide bonds. The zero-order valence-corrected chi connectivity index (χ0v) is 17.5. The lowest BCUT2D eigenvalue weighted by molar-refractivity contribution is 0.317. The molecule has 25 heavy (non-hydrogen) atoms. The van der Waals surface area contributed by atoms with E-state index in [1.54, 1.807) is 0 Å². The average Bonchev–Trinajstić information content (AvgIpc) is 2.63. The molecule has 150 valence electrons. The van der Waals surface area contributed by atoms with Gasteiger partial charge in [0.25, 0.3) is 0 Å². The van der Waals surface area contributed by atoms with Crippen molar-refractivity contribution in [2.45, 2.75) is 142 Å². The molecule has 2 nitrogen and oxygen atoms in total. The van der Waals surface area contributed by atoms with Crippen molar-refractivity contribution in [3.8, 4) is 0 Å². The van der Waals surface area contributed by atoms with E-state index >= 15 is 0 Å². The number of hydrogen-bond donors (Lipinski definition) is 1. The van der Waals surface area contributed by atoms with E-state index < -0.39 is 0 Å². The van der Waals surface area contributed by atoms with Gasteiger partial charge in [-0.05, 0) is 19.8 Å². The Labute approximate surface area is 158 Å². The van der Waals surface area contributed by atoms with Crippen LogP contribution in [0.25, 0.3) is 0 Å². The summed E-state index contributed by atoms with van der Waals surface area (Å²) in [5.41, 5.74) is 0.868. The second-order valence-electron chi connectivity index (χ2n) is 7.95. The Hall–Kier alpha value is -0.530. The van der Waals surface area contributed by atoms with Gasteiger partial charge in [-0.3, -0.25) is 0 Å². The van der Waals surface area contributed by atoms with Gasteiger partial charge in [-0.25, -0.2) is 0 Å². The Morgan fingerprint density at radius 3 is 1.08 bits per heavy atom. The monoisotopic (exact) mass is 353 g/mol. The first-order chi connectivity index (χ1) is 12.3. The molecule has 0 rings (SSSR count). The molecule has 0 unspecified atom stereocenters. The van der Waals surface area contributed by atoms with E-state index in [4.69, 9.17) is 5.21 Å². The summed E-state index contributed by atoms with van der Waals surface area (Å²) in [4.78, 5) is 0. The third-order valence-electron chi connectivity index (χ3n) is 5.31. The van der Waals surface area contributed by atoms with Gasteiger partial charge in [0.2, 0.25) is 0 Å². The Kier molecular flexibility index (Phi) is 21.1. The summed E-state index contributed by atoms with van der Waals surface area (Å²) in [6, 6.07) is 0. The molecule has 2 heteroatoms. The molecule has 0 saturated carbocycles. The lowest BCUT2D eigenvalue weighted by Crippen LogP contribution is -1.90. The number of nitrogens with zero attached hydrogens (tertiary/aromatic N) is 1. The van der Waals surface area contributed by atoms with Crippen LogP contribution in [0.4, 0.5) is 0 Å². The maximum atomic E-state index is 8.57. The van der Waals surface area contributed by atoms with Crippen LogP contribution in [-0.4, -0.2) is 10.9 Å². The molecule has 0 aliphatic heterocycles. The normalized spacial score (nSPS) is 12.0. The molecule has 0 spiro atoms. The first kappa shape index (κ1) is 24.5. The van der Waals surface area contributed by atoms with E-state index in [9.17, 15) is 0 Å². The molecule has 0 aliphatic carbocycles. The highest BCUT2D eigenvalue weighted by atomic mass is 16.4. The Bertz CT molecular complexity index is 275. The van der Waals surface area contributed by atoms with Gasteiger partial charge in [-0.1, -0.05) is 128 Å². The molecule has 0 aliphatic rings. The van der Waals surface area contributed by atoms with Crippen LogP contribution in [0.15, 0.2) is 5.16 Å². The topological polar surface area (TPSA) is 32.6 Å². The Morgan fingerprint density at radius 2 is 0.800 bits per heavy atom. The summed E-state index contributed by atoms with van der Waals surface area (Å²) in [6.45, 7) is 4.19. The fraction of sp³-hybridized carbons (Fsp3) is 0.957. The minimum absolute atomic E-state index is 0.868. The molecule has 0 aromatic rings. The predicted molar refractivity (Wildman–Crippen MR) is 113 cm³/mol. The van der Waals surface area contributed by atoms with E-state index in [0.717, 1.165) is 12.1 Å². The highest BCUT2D eigenvalue weighted by Crippen LogP contribution is 2.14. The minimum Gasteiger partial charge on any atom is -0.411 e. The molecule has 0 aromatic heterocycles. The van der Waals surface area contributed by atoms with Gasteiger partial charge < -0.3 is 5.21 Å². The molecule has 0 radical (unpaired) electrons. The molecule has 0 aromatic carbocycles. The molecule has 0 bridgehead atoms. The van der Waals surface area contributed by atoms with Crippen LogP contribution >= 0.6 is 0 Å². The number of oxime groups is 1. The molecule has 0 atom stereocenters. The zero-order chi connectivity index (χ0) is 18.4. The predicted octanol–water partition coefficient (Wildman–Crippen LogP) is 8.66. The quantitative estimate of drug-likeness (QED) is 0.101. The van der Waals surface area contributed by atoms with Crippen molar-refractivity contribution in [3.05, 3.63) is 0 Å². The summed E-state index contributed by atoms with van der Waals surface area (Å²) < 4.78 is 0. The number of hydrogen-bond acceptors (Lipinski definition) is 2. The van der Waals surface area contributed by atoms with Crippen molar-refractivity contribution in [1.82, 2.24) is 0 Å². The van der Waals surface area contributed by atoms with Gasteiger partial charge in [-0.2, -0.15) is 0 Å². The van der Waals surface area contributed by atoms with Crippen LogP contribution in [0, 0.1) is 0 Å². The van der Waals surface area contributed by atoms with Gasteiger partial charge >= 0.3 is 0 Å². The summed E-state index contributed by atoms with van der Waals surface area (Å²) in [5, 5.41) is 11.8. The smallest absolute Gasteiger partial charge is 0.0540 e. The summed E-state index contributed by atoms with van der Waals surface area (Å²) in [6.07, 6.45) is 27.8. The van der Waals surface area contributed by atoms with Crippen LogP contribution in [0.2, 0.25) is 0 Å². The third kappa shape index (κ3) is 21.4. The van der Waals surface area contributed by atoms with Gasteiger partial charge in [-0.15, -0.1) is 0 Å². The van der Waals surface area contributed by atoms with Crippen molar-refractivity contribution in [3.63, 3.8) is 0 Å². The summed E-state index contributed by atoms with van der Waals surface area (Å²) >= 11 is 0. The van der Waals surface area contributed by atoms with Crippen LogP contribution in [0.5, 0.6) is 0 Å². The van der Waals surface area contributed by atoms with E-state index in [-0.39, 0.29) is 0 Å². The zero-order valence-electron chi connectivity index (χ0n) is 17.5. The Balaban J connectivity index is 3.00. The van der Waals surface area contributed by atoms with E-state index in [1.807, 2.05) is 6.92 Å². The lowest BCUT2D eigenvalue weighted by atomic mass is 10.0. The van der Waals surface area contributed by atoms with Gasteiger partial charge in [0.15, 0.2) is 0 Å². The summed E-state index contributed by atoms with van der Waals surface area (Å²) in [7, 11) is 0. The van der Waals surface area contributed by atoms with Crippen LogP contribution < -0.4 is 0 Å². The second kappa shape index (κ2) is 21.5. The number of rotatable bonds is 20. The van der Waals surface area contributed by atoms with Gasteiger partial charge in [0.05, 0.1) is 5.71 Å². The fourth-order valence-corrected chi connectivity index (χ4v) is 3.51. The van der Waals surface area contributed by atoms with Crippen LogP contribution in [0.3, 0.4) is 0 Å². The summed E-state index contributed by atoms with van der Waals surface area (Å²) in [5.74, 6) is 0. The van der Waals surface area contributed by atoms with Gasteiger partial charge in [0.1, 0.15) is 0 Å². The van der Waals surface area contributed by atoms with Crippen molar-refractivity contribution in [2.24, 2.45) is 5.16 Å². The highest BCUT2D eigenvalue weighted by molar-refractivity contribution is 5.81. The minimum atomic E-state index is 0.868.